The third kappa shape index (κ3) is 4.55. The number of carbonyl (C=O) groups excluding carboxylic acids is 2. The van der Waals surface area contributed by atoms with E-state index in [1.165, 1.54) is 11.3 Å². The fraction of sp³-hybridized carbons (Fsp3) is 0.348. The number of hydrogen-bond acceptors (Lipinski definition) is 6. The first-order valence-electron chi connectivity index (χ1n) is 9.87. The molecule has 0 bridgehead atoms. The lowest BCUT2D eigenvalue weighted by molar-refractivity contribution is -0.112. The molecule has 0 aliphatic heterocycles. The standard InChI is InChI=1S/C23H24N2O4S/c1-4-29-23(27)20-18-7-5-6-8-19(18)30-22(20)25-21(26)16(13-24)12-15-9-10-17(28-3)11-14(15)2/h9-12H,4-8H2,1-3H3,(H,25,26). The lowest BCUT2D eigenvalue weighted by atomic mass is 9.95. The molecule has 0 saturated carbocycles. The second-order valence-electron chi connectivity index (χ2n) is 6.98. The molecule has 0 atom stereocenters. The number of nitriles is 1. The van der Waals surface area contributed by atoms with Gasteiger partial charge in [-0.25, -0.2) is 4.79 Å². The van der Waals surface area contributed by atoms with Gasteiger partial charge in [0.05, 0.1) is 19.3 Å². The van der Waals surface area contributed by atoms with E-state index < -0.39 is 11.9 Å². The Morgan fingerprint density at radius 2 is 2.07 bits per heavy atom. The normalized spacial score (nSPS) is 13.2. The van der Waals surface area contributed by atoms with Crippen LogP contribution in [-0.4, -0.2) is 25.6 Å². The number of fused-ring (bicyclic) bond motifs is 1. The van der Waals surface area contributed by atoms with Crippen molar-refractivity contribution in [2.75, 3.05) is 19.0 Å². The molecule has 1 heterocycles. The van der Waals surface area contributed by atoms with E-state index in [0.29, 0.717) is 16.3 Å². The van der Waals surface area contributed by atoms with Crippen LogP contribution in [0.3, 0.4) is 0 Å². The molecule has 1 aliphatic rings. The highest BCUT2D eigenvalue weighted by molar-refractivity contribution is 7.17. The van der Waals surface area contributed by atoms with Crippen LogP contribution < -0.4 is 10.1 Å². The van der Waals surface area contributed by atoms with E-state index in [9.17, 15) is 14.9 Å². The van der Waals surface area contributed by atoms with Gasteiger partial charge in [0.2, 0.25) is 0 Å². The summed E-state index contributed by atoms with van der Waals surface area (Å²) in [7, 11) is 1.58. The minimum Gasteiger partial charge on any atom is -0.497 e. The van der Waals surface area contributed by atoms with Gasteiger partial charge in [0, 0.05) is 4.88 Å². The average Bonchev–Trinajstić information content (AvgIpc) is 3.10. The van der Waals surface area contributed by atoms with Gasteiger partial charge in [-0.1, -0.05) is 6.07 Å². The zero-order chi connectivity index (χ0) is 21.7. The summed E-state index contributed by atoms with van der Waals surface area (Å²) < 4.78 is 10.4. The molecule has 30 heavy (non-hydrogen) atoms. The van der Waals surface area contributed by atoms with Gasteiger partial charge in [-0.3, -0.25) is 4.79 Å². The number of thiophene rings is 1. The molecule has 0 unspecified atom stereocenters. The van der Waals surface area contributed by atoms with E-state index in [-0.39, 0.29) is 12.2 Å². The third-order valence-corrected chi connectivity index (χ3v) is 6.23. The molecule has 1 amide bonds. The van der Waals surface area contributed by atoms with Gasteiger partial charge >= 0.3 is 5.97 Å². The third-order valence-electron chi connectivity index (χ3n) is 5.02. The van der Waals surface area contributed by atoms with Crippen LogP contribution in [0.15, 0.2) is 23.8 Å². The van der Waals surface area contributed by atoms with Crippen LogP contribution in [0.1, 0.15) is 51.7 Å². The summed E-state index contributed by atoms with van der Waals surface area (Å²) in [5.41, 5.74) is 2.99. The zero-order valence-electron chi connectivity index (χ0n) is 17.3. The minimum absolute atomic E-state index is 0.0375. The SMILES string of the molecule is CCOC(=O)c1c(NC(=O)C(C#N)=Cc2ccc(OC)cc2C)sc2c1CCCC2. The topological polar surface area (TPSA) is 88.4 Å². The molecule has 3 rings (SSSR count). The number of esters is 1. The first kappa shape index (κ1) is 21.6. The van der Waals surface area contributed by atoms with E-state index in [2.05, 4.69) is 5.32 Å². The van der Waals surface area contributed by atoms with Gasteiger partial charge in [-0.05, 0) is 74.4 Å². The molecule has 1 aromatic carbocycles. The molecule has 1 aliphatic carbocycles. The van der Waals surface area contributed by atoms with Gasteiger partial charge in [-0.15, -0.1) is 11.3 Å². The van der Waals surface area contributed by atoms with Crippen LogP contribution in [0.2, 0.25) is 0 Å². The summed E-state index contributed by atoms with van der Waals surface area (Å²) in [6.07, 6.45) is 5.28. The largest absolute Gasteiger partial charge is 0.497 e. The summed E-state index contributed by atoms with van der Waals surface area (Å²) >= 11 is 1.40. The zero-order valence-corrected chi connectivity index (χ0v) is 18.1. The van der Waals surface area contributed by atoms with E-state index in [1.807, 2.05) is 19.1 Å². The number of hydrogen-bond donors (Lipinski definition) is 1. The number of anilines is 1. The Kier molecular flexibility index (Phi) is 6.91. The molecule has 1 aromatic heterocycles. The lowest BCUT2D eigenvalue weighted by Crippen LogP contribution is -2.16. The number of rotatable bonds is 6. The quantitative estimate of drug-likeness (QED) is 0.414. The second-order valence-corrected chi connectivity index (χ2v) is 8.09. The predicted molar refractivity (Wildman–Crippen MR) is 117 cm³/mol. The number of carbonyl (C=O) groups is 2. The molecule has 2 aromatic rings. The fourth-order valence-corrected chi connectivity index (χ4v) is 4.76. The Hall–Kier alpha value is -3.11. The maximum absolute atomic E-state index is 12.9. The maximum atomic E-state index is 12.9. The molecule has 7 heteroatoms. The van der Waals surface area contributed by atoms with Crippen molar-refractivity contribution in [3.05, 3.63) is 50.9 Å². The predicted octanol–water partition coefficient (Wildman–Crippen LogP) is 4.67. The van der Waals surface area contributed by atoms with Crippen molar-refractivity contribution in [1.82, 2.24) is 0 Å². The number of nitrogens with zero attached hydrogens (tertiary/aromatic N) is 1. The van der Waals surface area contributed by atoms with Crippen molar-refractivity contribution in [2.45, 2.75) is 39.5 Å². The molecule has 6 nitrogen and oxygen atoms in total. The van der Waals surface area contributed by atoms with Crippen LogP contribution in [0.4, 0.5) is 5.00 Å². The van der Waals surface area contributed by atoms with E-state index in [4.69, 9.17) is 9.47 Å². The molecular formula is C23H24N2O4S. The molecule has 0 spiro atoms. The van der Waals surface area contributed by atoms with Gasteiger partial charge in [0.15, 0.2) is 0 Å². The van der Waals surface area contributed by atoms with Crippen LogP contribution in [0, 0.1) is 18.3 Å². The van der Waals surface area contributed by atoms with Crippen molar-refractivity contribution in [3.8, 4) is 11.8 Å². The fourth-order valence-electron chi connectivity index (χ4n) is 3.48. The molecule has 0 fully saturated rings. The first-order valence-corrected chi connectivity index (χ1v) is 10.7. The van der Waals surface area contributed by atoms with Crippen molar-refractivity contribution in [3.63, 3.8) is 0 Å². The monoisotopic (exact) mass is 424 g/mol. The van der Waals surface area contributed by atoms with Crippen LogP contribution in [0.25, 0.3) is 6.08 Å². The van der Waals surface area contributed by atoms with E-state index in [0.717, 1.165) is 47.3 Å². The Morgan fingerprint density at radius 1 is 1.30 bits per heavy atom. The van der Waals surface area contributed by atoms with Crippen molar-refractivity contribution in [1.29, 1.82) is 5.26 Å². The van der Waals surface area contributed by atoms with E-state index in [1.54, 1.807) is 32.2 Å². The van der Waals surface area contributed by atoms with Crippen molar-refractivity contribution < 1.29 is 19.1 Å². The number of aryl methyl sites for hydroxylation is 2. The summed E-state index contributed by atoms with van der Waals surface area (Å²) in [5, 5.41) is 12.8. The Bertz CT molecular complexity index is 1050. The Balaban J connectivity index is 1.91. The molecule has 1 N–H and O–H groups in total. The Morgan fingerprint density at radius 3 is 2.73 bits per heavy atom. The number of methoxy groups -OCH3 is 1. The molecule has 0 radical (unpaired) electrons. The van der Waals surface area contributed by atoms with Gasteiger partial charge in [-0.2, -0.15) is 5.26 Å². The number of benzene rings is 1. The maximum Gasteiger partial charge on any atom is 0.341 e. The summed E-state index contributed by atoms with van der Waals surface area (Å²) in [4.78, 5) is 26.5. The highest BCUT2D eigenvalue weighted by Crippen LogP contribution is 2.38. The Labute approximate surface area is 180 Å². The lowest BCUT2D eigenvalue weighted by Gasteiger charge is -2.12. The summed E-state index contributed by atoms with van der Waals surface area (Å²) in [6, 6.07) is 7.38. The van der Waals surface area contributed by atoms with E-state index >= 15 is 0 Å². The summed E-state index contributed by atoms with van der Waals surface area (Å²) in [6.45, 7) is 3.90. The van der Waals surface area contributed by atoms with Gasteiger partial charge in [0.1, 0.15) is 22.4 Å². The second kappa shape index (κ2) is 9.59. The smallest absolute Gasteiger partial charge is 0.341 e. The number of amides is 1. The van der Waals surface area contributed by atoms with Crippen LogP contribution in [0.5, 0.6) is 5.75 Å². The van der Waals surface area contributed by atoms with Crippen LogP contribution in [-0.2, 0) is 22.4 Å². The minimum atomic E-state index is -0.545. The van der Waals surface area contributed by atoms with Gasteiger partial charge in [0.25, 0.3) is 5.91 Å². The highest BCUT2D eigenvalue weighted by atomic mass is 32.1. The molecular weight excluding hydrogens is 400 g/mol. The van der Waals surface area contributed by atoms with Crippen LogP contribution >= 0.6 is 11.3 Å². The number of ether oxygens (including phenoxy) is 2. The molecule has 156 valence electrons. The van der Waals surface area contributed by atoms with Crippen molar-refractivity contribution >= 4 is 34.3 Å². The van der Waals surface area contributed by atoms with Gasteiger partial charge < -0.3 is 14.8 Å². The van der Waals surface area contributed by atoms with Crippen molar-refractivity contribution in [2.24, 2.45) is 0 Å². The average molecular weight is 425 g/mol. The highest BCUT2D eigenvalue weighted by Gasteiger charge is 2.27. The summed E-state index contributed by atoms with van der Waals surface area (Å²) in [5.74, 6) is -0.270. The first-order chi connectivity index (χ1) is 14.5. The number of nitrogens with one attached hydrogen (secondary N) is 1. The molecule has 0 saturated heterocycles.